The molecule has 4 aromatic rings. The number of anilines is 1. The maximum atomic E-state index is 12.5. The van der Waals surface area contributed by atoms with Gasteiger partial charge in [-0.25, -0.2) is 0 Å². The summed E-state index contributed by atoms with van der Waals surface area (Å²) in [5.74, 6) is -0.810. The highest BCUT2D eigenvalue weighted by Crippen LogP contribution is 2.29. The largest absolute Gasteiger partial charge is 0.339 e. The molecule has 30 heavy (non-hydrogen) atoms. The molecule has 2 heterocycles. The van der Waals surface area contributed by atoms with Crippen molar-refractivity contribution >= 4 is 39.2 Å². The molecule has 0 aliphatic rings. The molecule has 2 aromatic carbocycles. The number of hydrogen-bond donors (Lipinski definition) is 3. The minimum absolute atomic E-state index is 0.248. The van der Waals surface area contributed by atoms with Gasteiger partial charge in [-0.15, -0.1) is 10.2 Å². The van der Waals surface area contributed by atoms with Crippen molar-refractivity contribution in [3.8, 4) is 10.6 Å². The number of amides is 2. The normalized spacial score (nSPS) is 12.0. The number of H-pyrrole nitrogens is 1. The molecule has 2 aromatic heterocycles. The van der Waals surface area contributed by atoms with Crippen LogP contribution >= 0.6 is 11.3 Å². The van der Waals surface area contributed by atoms with Crippen molar-refractivity contribution in [2.24, 2.45) is 0 Å². The second kappa shape index (κ2) is 8.03. The highest BCUT2D eigenvalue weighted by Gasteiger charge is 2.21. The van der Waals surface area contributed by atoms with Crippen molar-refractivity contribution in [1.82, 2.24) is 25.7 Å². The van der Waals surface area contributed by atoms with Gasteiger partial charge in [0.2, 0.25) is 11.0 Å². The average molecular weight is 420 g/mol. The number of hydrogen-bond acceptors (Lipinski definition) is 6. The molecule has 1 unspecified atom stereocenters. The number of nitrogens with zero attached hydrogens (tertiary/aromatic N) is 3. The molecule has 9 heteroatoms. The van der Waals surface area contributed by atoms with Crippen LogP contribution in [0.4, 0.5) is 5.13 Å². The zero-order valence-electron chi connectivity index (χ0n) is 16.7. The number of nitrogens with one attached hydrogen (secondary N) is 3. The van der Waals surface area contributed by atoms with Crippen molar-refractivity contribution in [3.05, 3.63) is 59.3 Å². The Morgan fingerprint density at radius 3 is 2.70 bits per heavy atom. The van der Waals surface area contributed by atoms with Crippen LogP contribution in [0.15, 0.2) is 42.5 Å². The van der Waals surface area contributed by atoms with Crippen LogP contribution < -0.4 is 10.6 Å². The molecule has 4 rings (SSSR count). The standard InChI is InChI=1S/C21H20N6O2S/c1-11-8-9-14(12(2)10-11)20-26-27-21(30-20)23-18(28)13(3)22-19(29)17-15-6-4-5-7-16(15)24-25-17/h4-10,13H,1-3H3,(H,22,29)(H,24,25)(H,23,27,28). The van der Waals surface area contributed by atoms with E-state index >= 15 is 0 Å². The lowest BCUT2D eigenvalue weighted by molar-refractivity contribution is -0.117. The maximum Gasteiger partial charge on any atom is 0.273 e. The average Bonchev–Trinajstić information content (AvgIpc) is 3.35. The fourth-order valence-corrected chi connectivity index (χ4v) is 3.95. The number of aromatic nitrogens is 4. The van der Waals surface area contributed by atoms with Gasteiger partial charge < -0.3 is 5.32 Å². The van der Waals surface area contributed by atoms with Gasteiger partial charge in [0.05, 0.1) is 5.52 Å². The predicted molar refractivity (Wildman–Crippen MR) is 116 cm³/mol. The van der Waals surface area contributed by atoms with E-state index in [0.717, 1.165) is 21.7 Å². The van der Waals surface area contributed by atoms with E-state index in [2.05, 4.69) is 37.1 Å². The fourth-order valence-electron chi connectivity index (χ4n) is 3.12. The van der Waals surface area contributed by atoms with Crippen LogP contribution in [0.2, 0.25) is 0 Å². The lowest BCUT2D eigenvalue weighted by Crippen LogP contribution is -2.41. The van der Waals surface area contributed by atoms with E-state index in [-0.39, 0.29) is 11.6 Å². The van der Waals surface area contributed by atoms with E-state index in [1.165, 1.54) is 16.9 Å². The topological polar surface area (TPSA) is 113 Å². The van der Waals surface area contributed by atoms with Crippen LogP contribution in [-0.2, 0) is 4.79 Å². The Labute approximate surface area is 176 Å². The third-order valence-electron chi connectivity index (χ3n) is 4.69. The Kier molecular flexibility index (Phi) is 5.28. The summed E-state index contributed by atoms with van der Waals surface area (Å²) in [6, 6.07) is 12.6. The molecule has 0 saturated carbocycles. The van der Waals surface area contributed by atoms with Gasteiger partial charge >= 0.3 is 0 Å². The summed E-state index contributed by atoms with van der Waals surface area (Å²) in [4.78, 5) is 25.1. The quantitative estimate of drug-likeness (QED) is 0.458. The van der Waals surface area contributed by atoms with Gasteiger partial charge in [-0.1, -0.05) is 53.3 Å². The second-order valence-electron chi connectivity index (χ2n) is 7.03. The second-order valence-corrected chi connectivity index (χ2v) is 8.01. The van der Waals surface area contributed by atoms with E-state index in [9.17, 15) is 9.59 Å². The number of para-hydroxylation sites is 1. The summed E-state index contributed by atoms with van der Waals surface area (Å²) in [5.41, 5.74) is 4.25. The molecule has 0 bridgehead atoms. The minimum atomic E-state index is -0.776. The highest BCUT2D eigenvalue weighted by atomic mass is 32.1. The van der Waals surface area contributed by atoms with Crippen LogP contribution in [-0.4, -0.2) is 38.3 Å². The lowest BCUT2D eigenvalue weighted by atomic mass is 10.1. The van der Waals surface area contributed by atoms with Crippen molar-refractivity contribution in [3.63, 3.8) is 0 Å². The van der Waals surface area contributed by atoms with Gasteiger partial charge in [0, 0.05) is 10.9 Å². The smallest absolute Gasteiger partial charge is 0.273 e. The molecule has 0 aliphatic heterocycles. The molecule has 0 radical (unpaired) electrons. The Morgan fingerprint density at radius 2 is 1.90 bits per heavy atom. The number of fused-ring (bicyclic) bond motifs is 1. The number of aryl methyl sites for hydroxylation is 2. The van der Waals surface area contributed by atoms with Crippen molar-refractivity contribution < 1.29 is 9.59 Å². The van der Waals surface area contributed by atoms with E-state index in [4.69, 9.17) is 0 Å². The molecular weight excluding hydrogens is 400 g/mol. The number of aromatic amines is 1. The van der Waals surface area contributed by atoms with E-state index in [0.29, 0.717) is 10.5 Å². The zero-order chi connectivity index (χ0) is 21.3. The summed E-state index contributed by atoms with van der Waals surface area (Å²) in [6.45, 7) is 5.65. The molecule has 0 saturated heterocycles. The molecular formula is C21H20N6O2S. The molecule has 3 N–H and O–H groups in total. The van der Waals surface area contributed by atoms with Gasteiger partial charge in [-0.3, -0.25) is 20.0 Å². The first kappa shape index (κ1) is 19.7. The summed E-state index contributed by atoms with van der Waals surface area (Å²) in [5, 5.41) is 22.3. The Balaban J connectivity index is 1.42. The van der Waals surface area contributed by atoms with Crippen LogP contribution in [0.3, 0.4) is 0 Å². The van der Waals surface area contributed by atoms with E-state index in [1.807, 2.05) is 44.2 Å². The van der Waals surface area contributed by atoms with Crippen molar-refractivity contribution in [2.45, 2.75) is 26.8 Å². The molecule has 0 spiro atoms. The monoisotopic (exact) mass is 420 g/mol. The van der Waals surface area contributed by atoms with Crippen molar-refractivity contribution in [1.29, 1.82) is 0 Å². The minimum Gasteiger partial charge on any atom is -0.339 e. The zero-order valence-corrected chi connectivity index (χ0v) is 17.5. The first-order valence-corrected chi connectivity index (χ1v) is 10.2. The van der Waals surface area contributed by atoms with Gasteiger partial charge in [0.15, 0.2) is 5.69 Å². The van der Waals surface area contributed by atoms with Crippen LogP contribution in [0, 0.1) is 13.8 Å². The molecule has 8 nitrogen and oxygen atoms in total. The SMILES string of the molecule is Cc1ccc(-c2nnc(NC(=O)C(C)NC(=O)c3n[nH]c4ccccc34)s2)c(C)c1. The summed E-state index contributed by atoms with van der Waals surface area (Å²) in [7, 11) is 0. The van der Waals surface area contributed by atoms with Gasteiger partial charge in [0.1, 0.15) is 11.0 Å². The molecule has 152 valence electrons. The molecule has 0 aliphatic carbocycles. The number of carbonyl (C=O) groups is 2. The highest BCUT2D eigenvalue weighted by molar-refractivity contribution is 7.18. The third-order valence-corrected chi connectivity index (χ3v) is 5.57. The summed E-state index contributed by atoms with van der Waals surface area (Å²) < 4.78 is 0. The molecule has 0 fully saturated rings. The van der Waals surface area contributed by atoms with E-state index in [1.54, 1.807) is 13.0 Å². The van der Waals surface area contributed by atoms with Gasteiger partial charge in [-0.2, -0.15) is 5.10 Å². The number of carbonyl (C=O) groups excluding carboxylic acids is 2. The molecule has 1 atom stereocenters. The van der Waals surface area contributed by atoms with Crippen molar-refractivity contribution in [2.75, 3.05) is 5.32 Å². The first-order valence-electron chi connectivity index (χ1n) is 9.38. The van der Waals surface area contributed by atoms with Gasteiger partial charge in [-0.05, 0) is 32.4 Å². The maximum absolute atomic E-state index is 12.5. The number of benzene rings is 2. The molecule has 2 amide bonds. The van der Waals surface area contributed by atoms with Crippen LogP contribution in [0.1, 0.15) is 28.5 Å². The third kappa shape index (κ3) is 3.92. The Hall–Kier alpha value is -3.59. The van der Waals surface area contributed by atoms with Gasteiger partial charge in [0.25, 0.3) is 5.91 Å². The predicted octanol–water partition coefficient (Wildman–Crippen LogP) is 3.46. The number of rotatable bonds is 5. The van der Waals surface area contributed by atoms with Crippen LogP contribution in [0.25, 0.3) is 21.5 Å². The lowest BCUT2D eigenvalue weighted by Gasteiger charge is -2.11. The fraction of sp³-hybridized carbons (Fsp3) is 0.190. The summed E-state index contributed by atoms with van der Waals surface area (Å²) >= 11 is 1.29. The van der Waals surface area contributed by atoms with E-state index < -0.39 is 11.9 Å². The first-order chi connectivity index (χ1) is 14.4. The summed E-state index contributed by atoms with van der Waals surface area (Å²) in [6.07, 6.45) is 0. The Bertz CT molecular complexity index is 1250. The van der Waals surface area contributed by atoms with Crippen LogP contribution in [0.5, 0.6) is 0 Å². The Morgan fingerprint density at radius 1 is 1.10 bits per heavy atom.